The molecule has 0 saturated heterocycles. The van der Waals surface area contributed by atoms with E-state index >= 15 is 0 Å². The highest BCUT2D eigenvalue weighted by molar-refractivity contribution is 7.90. The number of sulfonamides is 1. The molecule has 0 aliphatic carbocycles. The van der Waals surface area contributed by atoms with Crippen LogP contribution in [0.2, 0.25) is 0 Å². The molecular formula is C9H16N4O2S. The molecule has 16 heavy (non-hydrogen) atoms. The Bertz CT molecular complexity index is 405. The Hall–Kier alpha value is -1.21. The average molecular weight is 244 g/mol. The van der Waals surface area contributed by atoms with Crippen LogP contribution in [0, 0.1) is 0 Å². The predicted molar refractivity (Wildman–Crippen MR) is 62.6 cm³/mol. The summed E-state index contributed by atoms with van der Waals surface area (Å²) in [5, 5.41) is 2.49. The molecule has 7 heteroatoms. The van der Waals surface area contributed by atoms with E-state index in [1.807, 2.05) is 0 Å². The molecule has 0 aliphatic heterocycles. The Labute approximate surface area is 95.6 Å². The Morgan fingerprint density at radius 3 is 2.44 bits per heavy atom. The quantitative estimate of drug-likeness (QED) is 0.699. The van der Waals surface area contributed by atoms with Crippen LogP contribution < -0.4 is 10.0 Å². The summed E-state index contributed by atoms with van der Waals surface area (Å²) in [5.74, 6) is 0.492. The summed E-state index contributed by atoms with van der Waals surface area (Å²) in [4.78, 5) is 7.90. The lowest BCUT2D eigenvalue weighted by Crippen LogP contribution is -2.34. The predicted octanol–water partition coefficient (Wildman–Crippen LogP) is 0.216. The monoisotopic (exact) mass is 244 g/mol. The van der Waals surface area contributed by atoms with E-state index in [9.17, 15) is 8.42 Å². The van der Waals surface area contributed by atoms with Crippen LogP contribution in [0.25, 0.3) is 0 Å². The van der Waals surface area contributed by atoms with Gasteiger partial charge >= 0.3 is 0 Å². The molecular weight excluding hydrogens is 228 g/mol. The van der Waals surface area contributed by atoms with Crippen molar-refractivity contribution in [3.8, 4) is 0 Å². The molecule has 6 nitrogen and oxygen atoms in total. The van der Waals surface area contributed by atoms with Crippen LogP contribution in [0.3, 0.4) is 0 Å². The third-order valence-corrected chi connectivity index (χ3v) is 3.75. The summed E-state index contributed by atoms with van der Waals surface area (Å²) in [5.41, 5.74) is 0. The van der Waals surface area contributed by atoms with Crippen molar-refractivity contribution in [1.29, 1.82) is 0 Å². The second kappa shape index (κ2) is 5.76. The van der Waals surface area contributed by atoms with E-state index < -0.39 is 15.3 Å². The highest BCUT2D eigenvalue weighted by atomic mass is 32.2. The molecule has 0 aromatic carbocycles. The molecule has 0 fully saturated rings. The molecule has 0 atom stereocenters. The van der Waals surface area contributed by atoms with E-state index in [1.54, 1.807) is 32.3 Å². The van der Waals surface area contributed by atoms with Crippen LogP contribution >= 0.6 is 0 Å². The van der Waals surface area contributed by atoms with Crippen LogP contribution in [0.15, 0.2) is 18.5 Å². The van der Waals surface area contributed by atoms with Gasteiger partial charge in [0.1, 0.15) is 0 Å². The second-order valence-corrected chi connectivity index (χ2v) is 5.81. The van der Waals surface area contributed by atoms with Crippen molar-refractivity contribution < 1.29 is 8.42 Å². The zero-order valence-corrected chi connectivity index (χ0v) is 10.2. The fourth-order valence-electron chi connectivity index (χ4n) is 0.925. The van der Waals surface area contributed by atoms with Gasteiger partial charge in [-0.3, -0.25) is 0 Å². The summed E-state index contributed by atoms with van der Waals surface area (Å²) in [6.45, 7) is 4.04. The van der Waals surface area contributed by atoms with Crippen LogP contribution in [-0.4, -0.2) is 36.7 Å². The maximum atomic E-state index is 11.4. The highest BCUT2D eigenvalue weighted by Crippen LogP contribution is 1.95. The van der Waals surface area contributed by atoms with Crippen molar-refractivity contribution in [3.05, 3.63) is 18.5 Å². The topological polar surface area (TPSA) is 84.0 Å². The number of hydrogen-bond donors (Lipinski definition) is 2. The van der Waals surface area contributed by atoms with Crippen LogP contribution in [0.1, 0.15) is 13.8 Å². The smallest absolute Gasteiger partial charge is 0.222 e. The van der Waals surface area contributed by atoms with Crippen molar-refractivity contribution in [2.45, 2.75) is 19.1 Å². The number of hydrogen-bond acceptors (Lipinski definition) is 5. The SMILES string of the molecule is CC(C)S(=O)(=O)NCCNc1ncccn1. The first kappa shape index (κ1) is 12.9. The third kappa shape index (κ3) is 4.11. The molecule has 1 rings (SSSR count). The molecule has 0 radical (unpaired) electrons. The van der Waals surface area contributed by atoms with Crippen LogP contribution in [0.5, 0.6) is 0 Å². The fourth-order valence-corrected chi connectivity index (χ4v) is 1.64. The number of rotatable bonds is 6. The molecule has 0 saturated carbocycles. The minimum absolute atomic E-state index is 0.318. The molecule has 1 aromatic heterocycles. The Morgan fingerprint density at radius 1 is 1.25 bits per heavy atom. The lowest BCUT2D eigenvalue weighted by Gasteiger charge is -2.09. The van der Waals surface area contributed by atoms with E-state index in [4.69, 9.17) is 0 Å². The number of anilines is 1. The van der Waals surface area contributed by atoms with Crippen molar-refractivity contribution in [2.75, 3.05) is 18.4 Å². The Balaban J connectivity index is 2.28. The lowest BCUT2D eigenvalue weighted by molar-refractivity contribution is 0.573. The summed E-state index contributed by atoms with van der Waals surface area (Å²) in [6.07, 6.45) is 3.24. The van der Waals surface area contributed by atoms with Gasteiger partial charge in [0.05, 0.1) is 5.25 Å². The van der Waals surface area contributed by atoms with E-state index in [-0.39, 0.29) is 0 Å². The Kier molecular flexibility index (Phi) is 4.63. The Morgan fingerprint density at radius 2 is 1.88 bits per heavy atom. The molecule has 2 N–H and O–H groups in total. The van der Waals surface area contributed by atoms with Gasteiger partial charge in [-0.15, -0.1) is 0 Å². The maximum absolute atomic E-state index is 11.4. The van der Waals surface area contributed by atoms with Gasteiger partial charge in [-0.1, -0.05) is 0 Å². The molecule has 1 heterocycles. The minimum Gasteiger partial charge on any atom is -0.353 e. The van der Waals surface area contributed by atoms with Gasteiger partial charge < -0.3 is 5.32 Å². The molecule has 0 amide bonds. The van der Waals surface area contributed by atoms with Gasteiger partial charge in [-0.05, 0) is 19.9 Å². The number of nitrogens with one attached hydrogen (secondary N) is 2. The largest absolute Gasteiger partial charge is 0.353 e. The first-order valence-corrected chi connectivity index (χ1v) is 6.56. The molecule has 1 aromatic rings. The third-order valence-electron chi connectivity index (χ3n) is 1.90. The number of aromatic nitrogens is 2. The fraction of sp³-hybridized carbons (Fsp3) is 0.556. The molecule has 90 valence electrons. The normalized spacial score (nSPS) is 11.7. The van der Waals surface area contributed by atoms with Crippen molar-refractivity contribution >= 4 is 16.0 Å². The summed E-state index contributed by atoms with van der Waals surface area (Å²) < 4.78 is 25.2. The standard InChI is InChI=1S/C9H16N4O2S/c1-8(2)16(14,15)13-7-6-12-9-10-4-3-5-11-9/h3-5,8,13H,6-7H2,1-2H3,(H,10,11,12). The molecule has 0 aliphatic rings. The van der Waals surface area contributed by atoms with Crippen LogP contribution in [0.4, 0.5) is 5.95 Å². The van der Waals surface area contributed by atoms with Gasteiger partial charge in [-0.2, -0.15) is 0 Å². The average Bonchev–Trinajstić information content (AvgIpc) is 2.26. The van der Waals surface area contributed by atoms with E-state index in [2.05, 4.69) is 20.0 Å². The highest BCUT2D eigenvalue weighted by Gasteiger charge is 2.13. The van der Waals surface area contributed by atoms with E-state index in [0.29, 0.717) is 19.0 Å². The molecule has 0 bridgehead atoms. The summed E-state index contributed by atoms with van der Waals surface area (Å²) >= 11 is 0. The maximum Gasteiger partial charge on any atom is 0.222 e. The van der Waals surface area contributed by atoms with Gasteiger partial charge in [0.2, 0.25) is 16.0 Å². The second-order valence-electron chi connectivity index (χ2n) is 3.49. The van der Waals surface area contributed by atoms with E-state index in [1.165, 1.54) is 0 Å². The number of nitrogens with zero attached hydrogens (tertiary/aromatic N) is 2. The van der Waals surface area contributed by atoms with Crippen molar-refractivity contribution in [3.63, 3.8) is 0 Å². The van der Waals surface area contributed by atoms with Crippen molar-refractivity contribution in [1.82, 2.24) is 14.7 Å². The first-order chi connectivity index (χ1) is 7.52. The van der Waals surface area contributed by atoms with Crippen LogP contribution in [-0.2, 0) is 10.0 Å². The first-order valence-electron chi connectivity index (χ1n) is 5.02. The summed E-state index contributed by atoms with van der Waals surface area (Å²) in [6, 6.07) is 1.71. The zero-order chi connectivity index (χ0) is 12.0. The molecule has 0 unspecified atom stereocenters. The van der Waals surface area contributed by atoms with Gasteiger partial charge in [0.25, 0.3) is 0 Å². The van der Waals surface area contributed by atoms with Crippen molar-refractivity contribution in [2.24, 2.45) is 0 Å². The van der Waals surface area contributed by atoms with Gasteiger partial charge in [-0.25, -0.2) is 23.1 Å². The minimum atomic E-state index is -3.18. The molecule has 0 spiro atoms. The van der Waals surface area contributed by atoms with Gasteiger partial charge in [0, 0.05) is 25.5 Å². The summed E-state index contributed by atoms with van der Waals surface area (Å²) in [7, 11) is -3.18. The van der Waals surface area contributed by atoms with E-state index in [0.717, 1.165) is 0 Å². The lowest BCUT2D eigenvalue weighted by atomic mass is 10.6. The van der Waals surface area contributed by atoms with Gasteiger partial charge in [0.15, 0.2) is 0 Å². The zero-order valence-electron chi connectivity index (χ0n) is 9.34.